The monoisotopic (exact) mass is 270 g/mol. The Hall–Kier alpha value is -1.10. The number of hydrogen-bond donors (Lipinski definition) is 1. The molecular weight excluding hydrogens is 244 g/mol. The topological polar surface area (TPSA) is 58.6 Å². The van der Waals surface area contributed by atoms with E-state index in [0.29, 0.717) is 32.0 Å². The summed E-state index contributed by atoms with van der Waals surface area (Å²) in [5, 5.41) is 2.75. The van der Waals surface area contributed by atoms with Crippen molar-refractivity contribution in [3.05, 3.63) is 0 Å². The number of carbonyl (C=O) groups excluding carboxylic acids is 2. The van der Waals surface area contributed by atoms with Gasteiger partial charge in [-0.1, -0.05) is 13.8 Å². The Morgan fingerprint density at radius 1 is 1.47 bits per heavy atom. The molecule has 0 unspecified atom stereocenters. The first-order valence-corrected chi connectivity index (χ1v) is 7.10. The van der Waals surface area contributed by atoms with Gasteiger partial charge >= 0.3 is 0 Å². The molecule has 19 heavy (non-hydrogen) atoms. The van der Waals surface area contributed by atoms with Gasteiger partial charge in [0.15, 0.2) is 0 Å². The van der Waals surface area contributed by atoms with Crippen LogP contribution in [0.4, 0.5) is 0 Å². The Morgan fingerprint density at radius 3 is 2.79 bits per heavy atom. The summed E-state index contributed by atoms with van der Waals surface area (Å²) >= 11 is 0. The molecule has 1 saturated heterocycles. The fourth-order valence-electron chi connectivity index (χ4n) is 2.35. The second-order valence-corrected chi connectivity index (χ2v) is 5.62. The Bertz CT molecular complexity index is 318. The zero-order valence-electron chi connectivity index (χ0n) is 12.4. The minimum Gasteiger partial charge on any atom is -0.378 e. The normalized spacial score (nSPS) is 21.4. The van der Waals surface area contributed by atoms with E-state index in [1.165, 1.54) is 0 Å². The zero-order valence-corrected chi connectivity index (χ0v) is 12.4. The summed E-state index contributed by atoms with van der Waals surface area (Å²) in [6.45, 7) is 9.65. The lowest BCUT2D eigenvalue weighted by Crippen LogP contribution is -2.56. The van der Waals surface area contributed by atoms with E-state index in [4.69, 9.17) is 4.74 Å². The largest absolute Gasteiger partial charge is 0.378 e. The lowest BCUT2D eigenvalue weighted by molar-refractivity contribution is -0.143. The van der Waals surface area contributed by atoms with Gasteiger partial charge in [0.05, 0.1) is 19.1 Å². The van der Waals surface area contributed by atoms with Crippen molar-refractivity contribution >= 4 is 11.8 Å². The Morgan fingerprint density at radius 2 is 2.16 bits per heavy atom. The fourth-order valence-corrected chi connectivity index (χ4v) is 2.35. The first kappa shape index (κ1) is 16.0. The van der Waals surface area contributed by atoms with Gasteiger partial charge in [0.2, 0.25) is 11.8 Å². The highest BCUT2D eigenvalue weighted by Crippen LogP contribution is 2.10. The first-order valence-electron chi connectivity index (χ1n) is 7.10. The molecule has 2 amide bonds. The number of piperazine rings is 1. The van der Waals surface area contributed by atoms with Crippen LogP contribution in [0.1, 0.15) is 40.5 Å². The number of nitrogens with zero attached hydrogens (tertiary/aromatic N) is 1. The van der Waals surface area contributed by atoms with Crippen molar-refractivity contribution in [1.82, 2.24) is 10.2 Å². The summed E-state index contributed by atoms with van der Waals surface area (Å²) in [4.78, 5) is 25.1. The van der Waals surface area contributed by atoms with E-state index < -0.39 is 0 Å². The highest BCUT2D eigenvalue weighted by Gasteiger charge is 2.28. The smallest absolute Gasteiger partial charge is 0.242 e. The molecule has 0 aromatic rings. The van der Waals surface area contributed by atoms with Crippen LogP contribution < -0.4 is 5.32 Å². The van der Waals surface area contributed by atoms with E-state index >= 15 is 0 Å². The average Bonchev–Trinajstić information content (AvgIpc) is 2.31. The molecule has 0 radical (unpaired) electrons. The van der Waals surface area contributed by atoms with Crippen LogP contribution in [0.5, 0.6) is 0 Å². The molecule has 2 atom stereocenters. The van der Waals surface area contributed by atoms with Crippen molar-refractivity contribution in [2.45, 2.75) is 52.7 Å². The van der Waals surface area contributed by atoms with Crippen molar-refractivity contribution in [3.63, 3.8) is 0 Å². The maximum absolute atomic E-state index is 12.0. The summed E-state index contributed by atoms with van der Waals surface area (Å²) < 4.78 is 5.63. The summed E-state index contributed by atoms with van der Waals surface area (Å²) in [5.41, 5.74) is 0. The van der Waals surface area contributed by atoms with E-state index in [-0.39, 0.29) is 24.0 Å². The van der Waals surface area contributed by atoms with Crippen molar-refractivity contribution in [3.8, 4) is 0 Å². The molecule has 0 aromatic heterocycles. The summed E-state index contributed by atoms with van der Waals surface area (Å²) in [6, 6.07) is -0.366. The molecule has 1 rings (SSSR count). The SMILES string of the molecule is CC(C)C[C@H](C)OCCC(=O)N1CCNC(=O)[C@@H]1C. The van der Waals surface area contributed by atoms with E-state index in [9.17, 15) is 9.59 Å². The van der Waals surface area contributed by atoms with Gasteiger partial charge in [-0.15, -0.1) is 0 Å². The molecule has 0 aromatic carbocycles. The van der Waals surface area contributed by atoms with Gasteiger partial charge in [-0.3, -0.25) is 9.59 Å². The maximum Gasteiger partial charge on any atom is 0.242 e. The summed E-state index contributed by atoms with van der Waals surface area (Å²) in [6.07, 6.45) is 1.52. The third-order valence-corrected chi connectivity index (χ3v) is 3.34. The average molecular weight is 270 g/mol. The number of carbonyl (C=O) groups is 2. The number of rotatable bonds is 6. The molecule has 110 valence electrons. The minimum absolute atomic E-state index is 0.000836. The second-order valence-electron chi connectivity index (χ2n) is 5.62. The predicted octanol–water partition coefficient (Wildman–Crippen LogP) is 1.17. The third-order valence-electron chi connectivity index (χ3n) is 3.34. The van der Waals surface area contributed by atoms with E-state index in [1.807, 2.05) is 6.92 Å². The predicted molar refractivity (Wildman–Crippen MR) is 73.7 cm³/mol. The van der Waals surface area contributed by atoms with Gasteiger partial charge in [-0.25, -0.2) is 0 Å². The van der Waals surface area contributed by atoms with Gasteiger partial charge in [0.1, 0.15) is 6.04 Å². The molecule has 0 aliphatic carbocycles. The van der Waals surface area contributed by atoms with Crippen LogP contribution in [-0.2, 0) is 14.3 Å². The molecule has 0 saturated carbocycles. The Labute approximate surface area is 115 Å². The summed E-state index contributed by atoms with van der Waals surface area (Å²) in [5.74, 6) is 0.518. The van der Waals surface area contributed by atoms with Crippen molar-refractivity contribution in [2.24, 2.45) is 5.92 Å². The maximum atomic E-state index is 12.0. The third kappa shape index (κ3) is 5.19. The Kier molecular flexibility index (Phi) is 6.28. The van der Waals surface area contributed by atoms with Crippen LogP contribution in [0, 0.1) is 5.92 Å². The first-order chi connectivity index (χ1) is 8.91. The molecule has 1 N–H and O–H groups in total. The van der Waals surface area contributed by atoms with Crippen molar-refractivity contribution in [2.75, 3.05) is 19.7 Å². The van der Waals surface area contributed by atoms with Crippen LogP contribution in [0.25, 0.3) is 0 Å². The van der Waals surface area contributed by atoms with Gasteiger partial charge in [-0.2, -0.15) is 0 Å². The molecule has 0 spiro atoms. The molecule has 5 heteroatoms. The highest BCUT2D eigenvalue weighted by atomic mass is 16.5. The molecule has 0 bridgehead atoms. The van der Waals surface area contributed by atoms with Gasteiger partial charge in [0, 0.05) is 13.1 Å². The number of amides is 2. The fraction of sp³-hybridized carbons (Fsp3) is 0.857. The lowest BCUT2D eigenvalue weighted by atomic mass is 10.1. The van der Waals surface area contributed by atoms with E-state index in [0.717, 1.165) is 6.42 Å². The van der Waals surface area contributed by atoms with Crippen LogP contribution in [0.2, 0.25) is 0 Å². The van der Waals surface area contributed by atoms with E-state index in [2.05, 4.69) is 19.2 Å². The zero-order chi connectivity index (χ0) is 14.4. The number of hydrogen-bond acceptors (Lipinski definition) is 3. The second kappa shape index (κ2) is 7.48. The van der Waals surface area contributed by atoms with Gasteiger partial charge in [0.25, 0.3) is 0 Å². The molecule has 1 heterocycles. The molecule has 1 aliphatic heterocycles. The van der Waals surface area contributed by atoms with Crippen molar-refractivity contribution < 1.29 is 14.3 Å². The quantitative estimate of drug-likeness (QED) is 0.788. The molecular formula is C14H26N2O3. The van der Waals surface area contributed by atoms with Crippen LogP contribution in [-0.4, -0.2) is 48.6 Å². The van der Waals surface area contributed by atoms with Crippen LogP contribution >= 0.6 is 0 Å². The van der Waals surface area contributed by atoms with Crippen molar-refractivity contribution in [1.29, 1.82) is 0 Å². The number of ether oxygens (including phenoxy) is 1. The van der Waals surface area contributed by atoms with Gasteiger partial charge < -0.3 is 15.0 Å². The van der Waals surface area contributed by atoms with Crippen LogP contribution in [0.15, 0.2) is 0 Å². The summed E-state index contributed by atoms with van der Waals surface area (Å²) in [7, 11) is 0. The minimum atomic E-state index is -0.366. The van der Waals surface area contributed by atoms with Crippen LogP contribution in [0.3, 0.4) is 0 Å². The van der Waals surface area contributed by atoms with E-state index in [1.54, 1.807) is 11.8 Å². The molecule has 5 nitrogen and oxygen atoms in total. The Balaban J connectivity index is 2.29. The highest BCUT2D eigenvalue weighted by molar-refractivity contribution is 5.88. The standard InChI is InChI=1S/C14H26N2O3/c1-10(2)9-11(3)19-8-5-13(17)16-7-6-15-14(18)12(16)4/h10-12H,5-9H2,1-4H3,(H,15,18)/t11-,12-/m0/s1. The number of nitrogens with one attached hydrogen (secondary N) is 1. The van der Waals surface area contributed by atoms with Gasteiger partial charge in [-0.05, 0) is 26.2 Å². The lowest BCUT2D eigenvalue weighted by Gasteiger charge is -2.33. The molecule has 1 fully saturated rings. The molecule has 1 aliphatic rings.